The van der Waals surface area contributed by atoms with E-state index in [0.29, 0.717) is 0 Å². The Labute approximate surface area is 60.5 Å². The Morgan fingerprint density at radius 3 is 3.00 bits per heavy atom. The standard InChI is InChI=1S/C8H10N2/c1-10-5-7-2-3-9-4-8(7)6-10/h2-4H,5-6H2,1H3. The van der Waals surface area contributed by atoms with Crippen molar-refractivity contribution in [1.82, 2.24) is 9.88 Å². The van der Waals surface area contributed by atoms with Gasteiger partial charge < -0.3 is 0 Å². The Morgan fingerprint density at radius 1 is 1.40 bits per heavy atom. The summed E-state index contributed by atoms with van der Waals surface area (Å²) in [6.07, 6.45) is 3.82. The van der Waals surface area contributed by atoms with Crippen LogP contribution in [0.3, 0.4) is 0 Å². The molecule has 0 bridgehead atoms. The quantitative estimate of drug-likeness (QED) is 0.526. The lowest BCUT2D eigenvalue weighted by Crippen LogP contribution is -2.07. The third kappa shape index (κ3) is 0.809. The molecule has 1 aromatic rings. The van der Waals surface area contributed by atoms with Gasteiger partial charge in [-0.1, -0.05) is 0 Å². The molecule has 10 heavy (non-hydrogen) atoms. The summed E-state index contributed by atoms with van der Waals surface area (Å²) in [4.78, 5) is 6.35. The van der Waals surface area contributed by atoms with Crippen LogP contribution >= 0.6 is 0 Å². The molecule has 0 atom stereocenters. The van der Waals surface area contributed by atoms with Crippen LogP contribution in [0.4, 0.5) is 0 Å². The highest BCUT2D eigenvalue weighted by Crippen LogP contribution is 2.18. The smallest absolute Gasteiger partial charge is 0.0316 e. The lowest BCUT2D eigenvalue weighted by Gasteiger charge is -2.02. The molecule has 0 fully saturated rings. The van der Waals surface area contributed by atoms with Crippen molar-refractivity contribution in [3.8, 4) is 0 Å². The molecule has 2 nitrogen and oxygen atoms in total. The molecule has 1 aliphatic rings. The van der Waals surface area contributed by atoms with Crippen LogP contribution in [-0.4, -0.2) is 16.9 Å². The highest BCUT2D eigenvalue weighted by atomic mass is 15.1. The van der Waals surface area contributed by atoms with E-state index in [4.69, 9.17) is 0 Å². The van der Waals surface area contributed by atoms with Crippen LogP contribution in [-0.2, 0) is 13.1 Å². The number of pyridine rings is 1. The van der Waals surface area contributed by atoms with Crippen molar-refractivity contribution in [2.75, 3.05) is 7.05 Å². The first kappa shape index (κ1) is 5.86. The summed E-state index contributed by atoms with van der Waals surface area (Å²) in [5, 5.41) is 0. The predicted molar refractivity (Wildman–Crippen MR) is 39.4 cm³/mol. The van der Waals surface area contributed by atoms with Gasteiger partial charge >= 0.3 is 0 Å². The van der Waals surface area contributed by atoms with Crippen molar-refractivity contribution >= 4 is 0 Å². The summed E-state index contributed by atoms with van der Waals surface area (Å²) in [7, 11) is 2.12. The predicted octanol–water partition coefficient (Wildman–Crippen LogP) is 1.03. The summed E-state index contributed by atoms with van der Waals surface area (Å²) in [6.45, 7) is 2.14. The summed E-state index contributed by atoms with van der Waals surface area (Å²) in [6, 6.07) is 2.10. The van der Waals surface area contributed by atoms with Crippen molar-refractivity contribution in [3.05, 3.63) is 29.6 Å². The molecule has 0 saturated heterocycles. The fourth-order valence-electron chi connectivity index (χ4n) is 1.39. The van der Waals surface area contributed by atoms with Gasteiger partial charge in [0.15, 0.2) is 0 Å². The van der Waals surface area contributed by atoms with Crippen molar-refractivity contribution in [1.29, 1.82) is 0 Å². The maximum atomic E-state index is 4.06. The van der Waals surface area contributed by atoms with Gasteiger partial charge in [0.1, 0.15) is 0 Å². The van der Waals surface area contributed by atoms with Gasteiger partial charge in [-0.05, 0) is 24.2 Å². The number of aromatic nitrogens is 1. The molecule has 1 aromatic heterocycles. The molecule has 0 amide bonds. The normalized spacial score (nSPS) is 17.3. The highest BCUT2D eigenvalue weighted by molar-refractivity contribution is 5.26. The van der Waals surface area contributed by atoms with Crippen LogP contribution in [0.25, 0.3) is 0 Å². The molecule has 0 radical (unpaired) electrons. The van der Waals surface area contributed by atoms with E-state index in [1.165, 1.54) is 11.1 Å². The van der Waals surface area contributed by atoms with Crippen LogP contribution < -0.4 is 0 Å². The molecule has 0 aromatic carbocycles. The van der Waals surface area contributed by atoms with E-state index < -0.39 is 0 Å². The molecule has 0 saturated carbocycles. The summed E-state index contributed by atoms with van der Waals surface area (Å²) < 4.78 is 0. The molecule has 0 N–H and O–H groups in total. The zero-order valence-corrected chi connectivity index (χ0v) is 6.04. The van der Waals surface area contributed by atoms with Gasteiger partial charge in [0.25, 0.3) is 0 Å². The van der Waals surface area contributed by atoms with Crippen LogP contribution in [0.15, 0.2) is 18.5 Å². The minimum Gasteiger partial charge on any atom is -0.298 e. The third-order valence-electron chi connectivity index (χ3n) is 1.89. The first-order valence-electron chi connectivity index (χ1n) is 3.46. The van der Waals surface area contributed by atoms with E-state index in [0.717, 1.165) is 13.1 Å². The molecule has 0 spiro atoms. The number of rotatable bonds is 0. The maximum absolute atomic E-state index is 4.06. The van der Waals surface area contributed by atoms with Gasteiger partial charge in [0.2, 0.25) is 0 Å². The molecule has 2 heterocycles. The number of hydrogen-bond donors (Lipinski definition) is 0. The lowest BCUT2D eigenvalue weighted by atomic mass is 10.2. The Balaban J connectivity index is 2.42. The molecule has 52 valence electrons. The van der Waals surface area contributed by atoms with Crippen LogP contribution in [0.2, 0.25) is 0 Å². The Hall–Kier alpha value is -0.890. The highest BCUT2D eigenvalue weighted by Gasteiger charge is 2.13. The zero-order valence-electron chi connectivity index (χ0n) is 6.04. The van der Waals surface area contributed by atoms with Gasteiger partial charge in [-0.15, -0.1) is 0 Å². The van der Waals surface area contributed by atoms with Gasteiger partial charge in [0, 0.05) is 25.5 Å². The first-order chi connectivity index (χ1) is 4.86. The fourth-order valence-corrected chi connectivity index (χ4v) is 1.39. The third-order valence-corrected chi connectivity index (χ3v) is 1.89. The largest absolute Gasteiger partial charge is 0.298 e. The van der Waals surface area contributed by atoms with Crippen LogP contribution in [0, 0.1) is 0 Å². The number of hydrogen-bond acceptors (Lipinski definition) is 2. The zero-order chi connectivity index (χ0) is 6.97. The van der Waals surface area contributed by atoms with Gasteiger partial charge in [-0.25, -0.2) is 0 Å². The number of nitrogens with zero attached hydrogens (tertiary/aromatic N) is 2. The monoisotopic (exact) mass is 134 g/mol. The minimum absolute atomic E-state index is 1.06. The molecular formula is C8H10N2. The van der Waals surface area contributed by atoms with Gasteiger partial charge in [0.05, 0.1) is 0 Å². The second-order valence-corrected chi connectivity index (χ2v) is 2.82. The lowest BCUT2D eigenvalue weighted by molar-refractivity contribution is 0.353. The molecular weight excluding hydrogens is 124 g/mol. The van der Waals surface area contributed by atoms with Crippen molar-refractivity contribution in [2.45, 2.75) is 13.1 Å². The fraction of sp³-hybridized carbons (Fsp3) is 0.375. The van der Waals surface area contributed by atoms with Crippen LogP contribution in [0.1, 0.15) is 11.1 Å². The van der Waals surface area contributed by atoms with E-state index in [2.05, 4.69) is 23.0 Å². The SMILES string of the molecule is CN1Cc2ccncc2C1. The van der Waals surface area contributed by atoms with Gasteiger partial charge in [-0.3, -0.25) is 9.88 Å². The molecule has 2 heteroatoms. The van der Waals surface area contributed by atoms with E-state index in [9.17, 15) is 0 Å². The average Bonchev–Trinajstić information content (AvgIpc) is 2.27. The van der Waals surface area contributed by atoms with Crippen molar-refractivity contribution in [3.63, 3.8) is 0 Å². The minimum atomic E-state index is 1.06. The van der Waals surface area contributed by atoms with Crippen LogP contribution in [0.5, 0.6) is 0 Å². The second kappa shape index (κ2) is 2.06. The summed E-state index contributed by atoms with van der Waals surface area (Å²) in [5.41, 5.74) is 2.81. The summed E-state index contributed by atoms with van der Waals surface area (Å²) in [5.74, 6) is 0. The van der Waals surface area contributed by atoms with Gasteiger partial charge in [-0.2, -0.15) is 0 Å². The van der Waals surface area contributed by atoms with Crippen molar-refractivity contribution < 1.29 is 0 Å². The van der Waals surface area contributed by atoms with Crippen molar-refractivity contribution in [2.24, 2.45) is 0 Å². The molecule has 0 unspecified atom stereocenters. The number of fused-ring (bicyclic) bond motifs is 1. The molecule has 2 rings (SSSR count). The van der Waals surface area contributed by atoms with E-state index >= 15 is 0 Å². The maximum Gasteiger partial charge on any atom is 0.0316 e. The van der Waals surface area contributed by atoms with E-state index in [-0.39, 0.29) is 0 Å². The second-order valence-electron chi connectivity index (χ2n) is 2.82. The summed E-state index contributed by atoms with van der Waals surface area (Å²) >= 11 is 0. The van der Waals surface area contributed by atoms with E-state index in [1.807, 2.05) is 12.4 Å². The topological polar surface area (TPSA) is 16.1 Å². The average molecular weight is 134 g/mol. The molecule has 1 aliphatic heterocycles. The Bertz CT molecular complexity index is 220. The van der Waals surface area contributed by atoms with E-state index in [1.54, 1.807) is 0 Å². The Morgan fingerprint density at radius 2 is 2.20 bits per heavy atom. The first-order valence-corrected chi connectivity index (χ1v) is 3.46. The molecule has 0 aliphatic carbocycles. The Kier molecular flexibility index (Phi) is 1.21.